The van der Waals surface area contributed by atoms with Gasteiger partial charge >= 0.3 is 5.97 Å². The van der Waals surface area contributed by atoms with Crippen molar-refractivity contribution in [1.82, 2.24) is 35.0 Å². The molecule has 33 heavy (non-hydrogen) atoms. The fourth-order valence-corrected chi connectivity index (χ4v) is 4.91. The van der Waals surface area contributed by atoms with Crippen LogP contribution in [0.4, 0.5) is 0 Å². The number of tetrazole rings is 1. The Morgan fingerprint density at radius 3 is 2.73 bits per heavy atom. The van der Waals surface area contributed by atoms with Gasteiger partial charge in [0.25, 0.3) is 0 Å². The predicted molar refractivity (Wildman–Crippen MR) is 112 cm³/mol. The summed E-state index contributed by atoms with van der Waals surface area (Å²) in [6.07, 6.45) is 4.72. The van der Waals surface area contributed by atoms with E-state index in [0.717, 1.165) is 0 Å². The van der Waals surface area contributed by atoms with Gasteiger partial charge in [-0.3, -0.25) is 4.79 Å². The molecule has 0 saturated carbocycles. The number of methoxy groups -OCH3 is 1. The molecule has 5 rings (SSSR count). The van der Waals surface area contributed by atoms with Crippen LogP contribution in [0.3, 0.4) is 0 Å². The van der Waals surface area contributed by atoms with E-state index in [-0.39, 0.29) is 18.6 Å². The Bertz CT molecular complexity index is 1050. The minimum Gasteiger partial charge on any atom is -0.456 e. The number of carbonyl (C=O) groups is 2. The zero-order valence-corrected chi connectivity index (χ0v) is 18.2. The Morgan fingerprint density at radius 2 is 2.12 bits per heavy atom. The lowest BCUT2D eigenvalue weighted by Gasteiger charge is -2.40. The van der Waals surface area contributed by atoms with Crippen LogP contribution in [-0.4, -0.2) is 98.0 Å². The molecule has 0 bridgehead atoms. The molecule has 2 fully saturated rings. The molecule has 0 aliphatic carbocycles. The Morgan fingerprint density at radius 1 is 1.30 bits per heavy atom. The van der Waals surface area contributed by atoms with Gasteiger partial charge < -0.3 is 24.4 Å². The molecule has 12 nitrogen and oxygen atoms in total. The summed E-state index contributed by atoms with van der Waals surface area (Å²) in [6, 6.07) is 3.55. The average Bonchev–Trinajstić information content (AvgIpc) is 3.57. The normalized spacial score (nSPS) is 23.8. The molecule has 3 aliphatic rings. The van der Waals surface area contributed by atoms with E-state index in [9.17, 15) is 14.7 Å². The number of ether oxygens (including phenoxy) is 2. The number of rotatable bonds is 6. The van der Waals surface area contributed by atoms with Crippen LogP contribution in [0.2, 0.25) is 0 Å². The van der Waals surface area contributed by atoms with Crippen molar-refractivity contribution in [2.24, 2.45) is 5.41 Å². The first-order valence-electron chi connectivity index (χ1n) is 10.8. The minimum absolute atomic E-state index is 0.0125. The maximum Gasteiger partial charge on any atom is 0.333 e. The smallest absolute Gasteiger partial charge is 0.333 e. The number of aliphatic hydroxyl groups excluding tert-OH is 1. The maximum atomic E-state index is 13.4. The predicted octanol–water partition coefficient (Wildman–Crippen LogP) is -0.529. The summed E-state index contributed by atoms with van der Waals surface area (Å²) in [6.45, 7) is 2.28. The van der Waals surface area contributed by atoms with E-state index in [0.29, 0.717) is 56.1 Å². The highest BCUT2D eigenvalue weighted by Gasteiger charge is 2.56. The summed E-state index contributed by atoms with van der Waals surface area (Å²) in [5.41, 5.74) is 0.666. The van der Waals surface area contributed by atoms with Gasteiger partial charge in [0.05, 0.1) is 29.9 Å². The van der Waals surface area contributed by atoms with Crippen LogP contribution in [0.25, 0.3) is 5.82 Å². The van der Waals surface area contributed by atoms with E-state index in [4.69, 9.17) is 9.47 Å². The van der Waals surface area contributed by atoms with Crippen LogP contribution >= 0.6 is 0 Å². The molecule has 1 spiro atoms. The number of carbonyl (C=O) groups excluding carboxylic acids is 2. The number of aromatic nitrogens is 5. The van der Waals surface area contributed by atoms with Crippen molar-refractivity contribution in [1.29, 1.82) is 0 Å². The number of amides is 1. The van der Waals surface area contributed by atoms with Gasteiger partial charge in [0, 0.05) is 31.5 Å². The summed E-state index contributed by atoms with van der Waals surface area (Å²) in [7, 11) is 1.62. The summed E-state index contributed by atoms with van der Waals surface area (Å²) in [5, 5.41) is 21.7. The lowest BCUT2D eigenvalue weighted by molar-refractivity contribution is -0.141. The number of hydrogen-bond donors (Lipinski definition) is 1. The summed E-state index contributed by atoms with van der Waals surface area (Å²) >= 11 is 0. The topological polar surface area (TPSA) is 136 Å². The quantitative estimate of drug-likeness (QED) is 0.566. The van der Waals surface area contributed by atoms with Crippen molar-refractivity contribution in [3.63, 3.8) is 0 Å². The lowest BCUT2D eigenvalue weighted by atomic mass is 9.75. The van der Waals surface area contributed by atoms with E-state index in [1.54, 1.807) is 30.3 Å². The highest BCUT2D eigenvalue weighted by atomic mass is 16.5. The van der Waals surface area contributed by atoms with Gasteiger partial charge in [0.1, 0.15) is 12.9 Å². The van der Waals surface area contributed by atoms with Crippen molar-refractivity contribution < 1.29 is 24.2 Å². The van der Waals surface area contributed by atoms with Gasteiger partial charge in [0.15, 0.2) is 5.82 Å². The molecule has 174 valence electrons. The second kappa shape index (κ2) is 8.61. The van der Waals surface area contributed by atoms with E-state index in [1.807, 2.05) is 0 Å². The number of aliphatic hydroxyl groups is 1. The molecule has 5 heterocycles. The van der Waals surface area contributed by atoms with Gasteiger partial charge in [0.2, 0.25) is 5.91 Å². The molecule has 2 aromatic heterocycles. The van der Waals surface area contributed by atoms with Crippen LogP contribution < -0.4 is 0 Å². The monoisotopic (exact) mass is 455 g/mol. The van der Waals surface area contributed by atoms with Crippen molar-refractivity contribution in [2.45, 2.75) is 25.0 Å². The first-order chi connectivity index (χ1) is 16.0. The van der Waals surface area contributed by atoms with Crippen molar-refractivity contribution >= 4 is 11.9 Å². The lowest BCUT2D eigenvalue weighted by Crippen LogP contribution is -2.49. The minimum atomic E-state index is -0.713. The number of likely N-dealkylation sites (tertiary alicyclic amines) is 2. The molecular weight excluding hydrogens is 430 g/mol. The van der Waals surface area contributed by atoms with Crippen LogP contribution in [0, 0.1) is 5.41 Å². The van der Waals surface area contributed by atoms with E-state index >= 15 is 0 Å². The van der Waals surface area contributed by atoms with Crippen LogP contribution in [-0.2, 0) is 19.1 Å². The summed E-state index contributed by atoms with van der Waals surface area (Å²) < 4.78 is 12.1. The van der Waals surface area contributed by atoms with Crippen LogP contribution in [0.1, 0.15) is 24.5 Å². The number of hydrogen-bond acceptors (Lipinski definition) is 10. The van der Waals surface area contributed by atoms with Gasteiger partial charge in [-0.1, -0.05) is 6.07 Å². The Labute approximate surface area is 189 Å². The number of esters is 1. The van der Waals surface area contributed by atoms with Gasteiger partial charge in [-0.2, -0.15) is 4.68 Å². The molecule has 1 amide bonds. The molecule has 0 aromatic carbocycles. The molecule has 2 unspecified atom stereocenters. The zero-order valence-electron chi connectivity index (χ0n) is 18.2. The standard InChI is InChI=1S/C21H25N7O5/c1-32-17-11-27(15-8-19(30)33-12-15)20(31)21(17)4-6-26(7-5-21)10-16(29)14-2-3-18(22-9-14)28-13-23-24-25-28/h2-3,8-9,13,16-17,29H,4-7,10-12H2,1H3. The van der Waals surface area contributed by atoms with Gasteiger partial charge in [-0.05, 0) is 42.4 Å². The molecule has 1 N–H and O–H groups in total. The Hall–Kier alpha value is -3.22. The first kappa shape index (κ1) is 21.6. The number of pyridine rings is 1. The number of piperidine rings is 1. The highest BCUT2D eigenvalue weighted by Crippen LogP contribution is 2.44. The first-order valence-corrected chi connectivity index (χ1v) is 10.8. The maximum absolute atomic E-state index is 13.4. The zero-order chi connectivity index (χ0) is 23.0. The Kier molecular flexibility index (Phi) is 5.64. The third-order valence-electron chi connectivity index (χ3n) is 6.83. The SMILES string of the molecule is COC1CN(C2=CC(=O)OC2)C(=O)C12CCN(CC(O)c1ccc(-n3cnnn3)nc1)CC2. The fraction of sp³-hybridized carbons (Fsp3) is 0.524. The average molecular weight is 455 g/mol. The van der Waals surface area contributed by atoms with Crippen molar-refractivity contribution in [3.05, 3.63) is 42.0 Å². The van der Waals surface area contributed by atoms with Crippen molar-refractivity contribution in [3.8, 4) is 5.82 Å². The molecule has 3 aliphatic heterocycles. The van der Waals surface area contributed by atoms with Crippen molar-refractivity contribution in [2.75, 3.05) is 39.9 Å². The molecule has 2 saturated heterocycles. The summed E-state index contributed by atoms with van der Waals surface area (Å²) in [5.74, 6) is 0.133. The second-order valence-corrected chi connectivity index (χ2v) is 8.56. The van der Waals surface area contributed by atoms with Crippen LogP contribution in [0.15, 0.2) is 36.4 Å². The number of nitrogens with zero attached hydrogens (tertiary/aromatic N) is 7. The third-order valence-corrected chi connectivity index (χ3v) is 6.83. The number of cyclic esters (lactones) is 1. The Balaban J connectivity index is 1.21. The molecule has 0 radical (unpaired) electrons. The second-order valence-electron chi connectivity index (χ2n) is 8.56. The van der Waals surface area contributed by atoms with E-state index < -0.39 is 17.5 Å². The molecule has 2 aromatic rings. The molecule has 2 atom stereocenters. The highest BCUT2D eigenvalue weighted by molar-refractivity contribution is 5.91. The molecule has 12 heteroatoms. The third kappa shape index (κ3) is 3.90. The van der Waals surface area contributed by atoms with E-state index in [2.05, 4.69) is 25.4 Å². The molecular formula is C21H25N7O5. The van der Waals surface area contributed by atoms with E-state index in [1.165, 1.54) is 17.1 Å². The largest absolute Gasteiger partial charge is 0.456 e. The fourth-order valence-electron chi connectivity index (χ4n) is 4.91. The summed E-state index contributed by atoms with van der Waals surface area (Å²) in [4.78, 5) is 32.9. The van der Waals surface area contributed by atoms with Gasteiger partial charge in [-0.15, -0.1) is 5.10 Å². The number of β-amino-alcohol motifs (C(OH)–C–C–N with tert-alkyl or cyclic N) is 1. The van der Waals surface area contributed by atoms with Crippen LogP contribution in [0.5, 0.6) is 0 Å². The van der Waals surface area contributed by atoms with Gasteiger partial charge in [-0.25, -0.2) is 9.78 Å².